The van der Waals surface area contributed by atoms with E-state index in [-0.39, 0.29) is 23.4 Å². The smallest absolute Gasteiger partial charge is 0.275 e. The quantitative estimate of drug-likeness (QED) is 0.407. The van der Waals surface area contributed by atoms with Crippen molar-refractivity contribution in [3.63, 3.8) is 0 Å². The maximum absolute atomic E-state index is 13.3. The molecule has 1 aromatic carbocycles. The first-order valence-electron chi connectivity index (χ1n) is 10.9. The molecule has 1 amide bonds. The second-order valence-electron chi connectivity index (χ2n) is 8.13. The summed E-state index contributed by atoms with van der Waals surface area (Å²) in [5, 5.41) is 19.7. The monoisotopic (exact) mass is 474 g/mol. The number of fused-ring (bicyclic) bond motifs is 1. The van der Waals surface area contributed by atoms with Crippen LogP contribution in [0.5, 0.6) is 0 Å². The van der Waals surface area contributed by atoms with Gasteiger partial charge in [-0.25, -0.2) is 9.67 Å². The van der Waals surface area contributed by atoms with Crippen LogP contribution in [0.1, 0.15) is 34.7 Å². The molecule has 12 heteroatoms. The number of hydrogen-bond acceptors (Lipinski definition) is 10. The topological polar surface area (TPSA) is 158 Å². The normalized spacial score (nSPS) is 15.5. The highest BCUT2D eigenvalue weighted by Gasteiger charge is 2.27. The number of aromatic nitrogens is 6. The van der Waals surface area contributed by atoms with Gasteiger partial charge in [0, 0.05) is 43.2 Å². The third-order valence-corrected chi connectivity index (χ3v) is 5.47. The van der Waals surface area contributed by atoms with E-state index in [1.165, 1.54) is 17.8 Å². The molecule has 0 unspecified atom stereocenters. The Morgan fingerprint density at radius 3 is 2.74 bits per heavy atom. The van der Waals surface area contributed by atoms with Gasteiger partial charge >= 0.3 is 0 Å². The molecular formula is C23H22N8O4. The Morgan fingerprint density at radius 1 is 1.23 bits per heavy atom. The van der Waals surface area contributed by atoms with Gasteiger partial charge < -0.3 is 25.0 Å². The predicted octanol–water partition coefficient (Wildman–Crippen LogP) is 0.821. The lowest BCUT2D eigenvalue weighted by atomic mass is 10.1. The first-order chi connectivity index (χ1) is 16.8. The third kappa shape index (κ3) is 4.42. The Bertz CT molecular complexity index is 1470. The number of nitrogen functional groups attached to an aromatic ring is 1. The number of hydrogen-bond donors (Lipinski definition) is 2. The average Bonchev–Trinajstić information content (AvgIpc) is 3.47. The van der Waals surface area contributed by atoms with Gasteiger partial charge in [0.1, 0.15) is 0 Å². The molecule has 35 heavy (non-hydrogen) atoms. The van der Waals surface area contributed by atoms with Gasteiger partial charge in [-0.2, -0.15) is 15.1 Å². The molecule has 3 N–H and O–H groups in total. The van der Waals surface area contributed by atoms with Gasteiger partial charge in [-0.15, -0.1) is 0 Å². The molecule has 1 aliphatic rings. The fourth-order valence-electron chi connectivity index (χ4n) is 3.67. The number of benzene rings is 1. The number of aryl methyl sites for hydroxylation is 1. The highest BCUT2D eigenvalue weighted by Crippen LogP contribution is 2.25. The molecule has 1 aliphatic heterocycles. The minimum atomic E-state index is -1.62. The van der Waals surface area contributed by atoms with Crippen LogP contribution in [0.2, 0.25) is 0 Å². The van der Waals surface area contributed by atoms with Crippen molar-refractivity contribution < 1.29 is 19.2 Å². The van der Waals surface area contributed by atoms with Crippen LogP contribution in [0, 0.1) is 18.8 Å². The van der Waals surface area contributed by atoms with Crippen LogP contribution in [0.25, 0.3) is 16.7 Å². The first-order valence-corrected chi connectivity index (χ1v) is 10.9. The largest absolute Gasteiger partial charge is 0.378 e. The average molecular weight is 474 g/mol. The van der Waals surface area contributed by atoms with Crippen LogP contribution >= 0.6 is 0 Å². The van der Waals surface area contributed by atoms with Gasteiger partial charge in [-0.1, -0.05) is 17.0 Å². The molecule has 178 valence electrons. The fraction of sp³-hybridized carbons (Fsp3) is 0.304. The van der Waals surface area contributed by atoms with E-state index in [1.54, 1.807) is 36.1 Å². The summed E-state index contributed by atoms with van der Waals surface area (Å²) in [6.07, 6.45) is 1.52. The summed E-state index contributed by atoms with van der Waals surface area (Å²) in [6.45, 7) is 5.04. The molecule has 0 radical (unpaired) electrons. The standard InChI is InChI=1S/C23H22N8O4/c1-14-26-21(29-35-14)23(2,33)7-5-15-3-4-16-17(13-15)31(18-6-8-25-22(24)27-18)28-19(16)20(32)30-9-11-34-12-10-30/h3-4,6,8,13,33H,9-12H2,1-2H3,(H2,24,25,27)/t23-/m0/s1. The number of amides is 1. The van der Waals surface area contributed by atoms with E-state index in [0.29, 0.717) is 54.5 Å². The van der Waals surface area contributed by atoms with E-state index in [0.717, 1.165) is 0 Å². The lowest BCUT2D eigenvalue weighted by Crippen LogP contribution is -2.41. The maximum Gasteiger partial charge on any atom is 0.275 e. The van der Waals surface area contributed by atoms with Crippen molar-refractivity contribution in [2.75, 3.05) is 32.0 Å². The zero-order chi connectivity index (χ0) is 24.6. The number of ether oxygens (including phenoxy) is 1. The van der Waals surface area contributed by atoms with Crippen LogP contribution in [0.15, 0.2) is 35.0 Å². The van der Waals surface area contributed by atoms with Gasteiger partial charge in [0.25, 0.3) is 5.91 Å². The lowest BCUT2D eigenvalue weighted by Gasteiger charge is -2.26. The molecule has 12 nitrogen and oxygen atoms in total. The molecule has 3 aromatic heterocycles. The molecule has 0 aliphatic carbocycles. The molecule has 4 aromatic rings. The summed E-state index contributed by atoms with van der Waals surface area (Å²) in [4.78, 5) is 27.2. The van der Waals surface area contributed by atoms with Crippen LogP contribution in [0.4, 0.5) is 5.95 Å². The van der Waals surface area contributed by atoms with Crippen LogP contribution in [-0.4, -0.2) is 72.1 Å². The summed E-state index contributed by atoms with van der Waals surface area (Å²) in [5.41, 5.74) is 5.62. The minimum Gasteiger partial charge on any atom is -0.378 e. The summed E-state index contributed by atoms with van der Waals surface area (Å²) in [5.74, 6) is 6.40. The Hall–Kier alpha value is -4.34. The van der Waals surface area contributed by atoms with Gasteiger partial charge in [-0.05, 0) is 25.1 Å². The summed E-state index contributed by atoms with van der Waals surface area (Å²) >= 11 is 0. The molecule has 1 fully saturated rings. The molecule has 0 spiro atoms. The van der Waals surface area contributed by atoms with Gasteiger partial charge in [0.2, 0.25) is 17.7 Å². The number of anilines is 1. The number of nitrogens with two attached hydrogens (primary N) is 1. The van der Waals surface area contributed by atoms with E-state index >= 15 is 0 Å². The molecule has 5 rings (SSSR count). The number of aliphatic hydroxyl groups is 1. The highest BCUT2D eigenvalue weighted by atomic mass is 16.5. The van der Waals surface area contributed by atoms with E-state index < -0.39 is 5.60 Å². The van der Waals surface area contributed by atoms with Crippen molar-refractivity contribution in [1.29, 1.82) is 0 Å². The summed E-state index contributed by atoms with van der Waals surface area (Å²) < 4.78 is 11.8. The van der Waals surface area contributed by atoms with E-state index in [2.05, 4.69) is 37.0 Å². The van der Waals surface area contributed by atoms with E-state index in [4.69, 9.17) is 15.0 Å². The third-order valence-electron chi connectivity index (χ3n) is 5.47. The molecule has 0 bridgehead atoms. The predicted molar refractivity (Wildman–Crippen MR) is 123 cm³/mol. The SMILES string of the molecule is Cc1nc([C@@](C)(O)C#Cc2ccc3c(C(=O)N4CCOCC4)nn(-c4ccnc(N)n4)c3c2)no1. The van der Waals surface area contributed by atoms with Crippen molar-refractivity contribution in [3.8, 4) is 17.7 Å². The second kappa shape index (κ2) is 8.79. The number of carbonyl (C=O) groups is 1. The van der Waals surface area contributed by atoms with Gasteiger partial charge in [0.15, 0.2) is 17.1 Å². The van der Waals surface area contributed by atoms with Crippen molar-refractivity contribution in [2.45, 2.75) is 19.4 Å². The summed E-state index contributed by atoms with van der Waals surface area (Å²) in [6, 6.07) is 6.94. The highest BCUT2D eigenvalue weighted by molar-refractivity contribution is 6.05. The molecule has 4 heterocycles. The van der Waals surface area contributed by atoms with Crippen molar-refractivity contribution in [3.05, 3.63) is 53.4 Å². The van der Waals surface area contributed by atoms with Crippen molar-refractivity contribution in [2.24, 2.45) is 0 Å². The zero-order valence-corrected chi connectivity index (χ0v) is 19.1. The molecular weight excluding hydrogens is 452 g/mol. The van der Waals surface area contributed by atoms with Crippen molar-refractivity contribution >= 4 is 22.8 Å². The maximum atomic E-state index is 13.3. The van der Waals surface area contributed by atoms with Crippen LogP contribution in [-0.2, 0) is 10.3 Å². The Kier molecular flexibility index (Phi) is 5.64. The fourth-order valence-corrected chi connectivity index (χ4v) is 3.67. The van der Waals surface area contributed by atoms with E-state index in [1.807, 2.05) is 0 Å². The number of nitrogens with zero attached hydrogens (tertiary/aromatic N) is 7. The number of morpholine rings is 1. The van der Waals surface area contributed by atoms with Crippen molar-refractivity contribution in [1.82, 2.24) is 34.8 Å². The first kappa shape index (κ1) is 22.5. The van der Waals surface area contributed by atoms with Gasteiger partial charge in [0.05, 0.1) is 18.7 Å². The summed E-state index contributed by atoms with van der Waals surface area (Å²) in [7, 11) is 0. The number of carbonyl (C=O) groups excluding carboxylic acids is 1. The van der Waals surface area contributed by atoms with Crippen LogP contribution < -0.4 is 5.73 Å². The van der Waals surface area contributed by atoms with Crippen LogP contribution in [0.3, 0.4) is 0 Å². The van der Waals surface area contributed by atoms with Gasteiger partial charge in [-0.3, -0.25) is 4.79 Å². The zero-order valence-electron chi connectivity index (χ0n) is 19.1. The Balaban J connectivity index is 1.59. The van der Waals surface area contributed by atoms with E-state index in [9.17, 15) is 9.90 Å². The number of rotatable bonds is 3. The molecule has 0 saturated carbocycles. The molecule has 1 atom stereocenters. The molecule has 1 saturated heterocycles. The lowest BCUT2D eigenvalue weighted by molar-refractivity contribution is 0.0300. The Labute approximate surface area is 199 Å². The Morgan fingerprint density at radius 2 is 2.03 bits per heavy atom. The second-order valence-corrected chi connectivity index (χ2v) is 8.13. The minimum absolute atomic E-state index is 0.0727.